The van der Waals surface area contributed by atoms with E-state index in [1.165, 1.54) is 6.33 Å². The summed E-state index contributed by atoms with van der Waals surface area (Å²) in [4.78, 5) is 114. The molecule has 2 unspecified atom stereocenters. The van der Waals surface area contributed by atoms with Gasteiger partial charge >= 0.3 is 0 Å². The Bertz CT molecular complexity index is 7700. The molecule has 20 rings (SSSR count). The SMILES string of the molecule is C[C@H](Cc1nccc2cccnc12)c1cc2cccc(-c3cnc(N)nc3)c2c(=O)n1-c1ccccc1.Cc1cccc(-n2c([C@H](C)Nc3ncnc4cccnc34)cc3cccc(C)c3c2=O)c1.Cc1ccnc2cc(C(C)Nc3nccc4cccnc34)[nH]c(=O)c12.Cc1ccnc2cc(C(C)Nc3nccc4cccnc34)n(-c3ccccc3)c(=O)c12. The van der Waals surface area contributed by atoms with E-state index in [1.807, 2.05) is 272 Å². The van der Waals surface area contributed by atoms with Gasteiger partial charge in [0.2, 0.25) is 5.95 Å². The average Bonchev–Trinajstić information content (AvgIpc) is 0.746. The summed E-state index contributed by atoms with van der Waals surface area (Å²) < 4.78 is 5.37. The van der Waals surface area contributed by atoms with Gasteiger partial charge in [-0.25, -0.2) is 29.9 Å². The maximum Gasteiger partial charge on any atom is 0.265 e. The lowest BCUT2D eigenvalue weighted by molar-refractivity contribution is 0.688. The number of hydrogen-bond donors (Lipinski definition) is 5. The number of aromatic amines is 1. The third kappa shape index (κ3) is 16.8. The molecule has 15 heterocycles. The van der Waals surface area contributed by atoms with Gasteiger partial charge in [0.25, 0.3) is 22.2 Å². The highest BCUT2D eigenvalue weighted by Gasteiger charge is 2.25. The van der Waals surface area contributed by atoms with Crippen LogP contribution < -0.4 is 43.9 Å². The summed E-state index contributed by atoms with van der Waals surface area (Å²) in [6.45, 7) is 16.0. The lowest BCUT2D eigenvalue weighted by atomic mass is 9.95. The Balaban J connectivity index is 0.000000119. The van der Waals surface area contributed by atoms with Crippen molar-refractivity contribution in [2.75, 3.05) is 21.7 Å². The Morgan fingerprint density at radius 3 is 1.46 bits per heavy atom. The summed E-state index contributed by atoms with van der Waals surface area (Å²) in [5, 5.41) is 17.7. The molecule has 0 aliphatic heterocycles. The molecule has 15 aromatic heterocycles. The van der Waals surface area contributed by atoms with E-state index in [4.69, 9.17) is 5.73 Å². The summed E-state index contributed by atoms with van der Waals surface area (Å²) >= 11 is 0. The summed E-state index contributed by atoms with van der Waals surface area (Å²) in [7, 11) is 0. The monoisotopic (exact) mass is 1640 g/mol. The average molecular weight is 1640 g/mol. The first-order valence-corrected chi connectivity index (χ1v) is 40.9. The molecule has 0 amide bonds. The van der Waals surface area contributed by atoms with Crippen LogP contribution in [0.5, 0.6) is 0 Å². The molecule has 5 aromatic carbocycles. The summed E-state index contributed by atoms with van der Waals surface area (Å²) in [6, 6.07) is 71.7. The number of para-hydroxylation sites is 2. The molecule has 0 fully saturated rings. The number of anilines is 4. The van der Waals surface area contributed by atoms with Crippen molar-refractivity contribution < 1.29 is 0 Å². The van der Waals surface area contributed by atoms with Gasteiger partial charge in [0.05, 0.1) is 73.1 Å². The number of nitrogens with two attached hydrogens (primary N) is 1. The molecule has 0 saturated carbocycles. The van der Waals surface area contributed by atoms with Gasteiger partial charge in [-0.15, -0.1) is 0 Å². The fourth-order valence-corrected chi connectivity index (χ4v) is 16.0. The standard InChI is InChI=1S/C30H24N6O.C26H23N5O.C25H21N5O.C19H17N5O/c1-19(15-25-28-20(12-14-32-25)8-6-13-33-28)26-16-21-7-5-11-24(22-17-34-30(31)35-18-22)27(21)29(37)36(26)23-9-3-2-4-10-23;1-16-7-4-10-20(13-16)31-22(14-19-9-5-8-17(2)23(19)26(31)32)18(3)30-25-24-21(28-15-29-25)11-6-12-27-24;1-16-10-13-26-20-15-21(30(25(31)22(16)20)19-8-4-3-5-9-19)17(2)29-24-23-18(11-14-28-24)7-6-12-27-23;1-11-5-8-20-15-10-14(24-19(25)16(11)15)12(2)23-18-17-13(6-9-22-18)4-3-7-21-17/h2-14,16-19H,15H2,1H3,(H2,31,34,35);4-15,18H,1-3H3,(H,28,29,30);3-15,17H,1-2H3,(H,28,29);3-10,12H,1-2H3,(H,22,23)(H,24,25)/t19-;18-;;/m10../s1. The molecular weight excluding hydrogens is 1560 g/mol. The van der Waals surface area contributed by atoms with Gasteiger partial charge in [0, 0.05) is 130 Å². The molecule has 0 radical (unpaired) electrons. The molecule has 614 valence electrons. The quantitative estimate of drug-likeness (QED) is 0.0600. The number of benzene rings is 5. The second-order valence-corrected chi connectivity index (χ2v) is 30.7. The van der Waals surface area contributed by atoms with Crippen molar-refractivity contribution in [1.29, 1.82) is 0 Å². The van der Waals surface area contributed by atoms with Crippen LogP contribution in [0, 0.1) is 27.7 Å². The van der Waals surface area contributed by atoms with E-state index >= 15 is 0 Å². The molecule has 25 nitrogen and oxygen atoms in total. The minimum atomic E-state index is -0.222. The number of rotatable bonds is 16. The van der Waals surface area contributed by atoms with Crippen LogP contribution in [-0.4, -0.2) is 83.5 Å². The zero-order chi connectivity index (χ0) is 86.4. The molecule has 0 aliphatic carbocycles. The molecule has 4 atom stereocenters. The van der Waals surface area contributed by atoms with Crippen LogP contribution in [0.15, 0.2) is 318 Å². The Morgan fingerprint density at radius 2 is 0.824 bits per heavy atom. The highest BCUT2D eigenvalue weighted by Crippen LogP contribution is 2.35. The Morgan fingerprint density at radius 1 is 0.352 bits per heavy atom. The Hall–Kier alpha value is -16.3. The number of nitrogens with one attached hydrogen (secondary N) is 4. The van der Waals surface area contributed by atoms with Crippen LogP contribution in [0.2, 0.25) is 0 Å². The molecule has 0 aliphatic rings. The van der Waals surface area contributed by atoms with Crippen LogP contribution >= 0.6 is 0 Å². The maximum atomic E-state index is 14.2. The largest absolute Gasteiger partial charge is 0.368 e. The van der Waals surface area contributed by atoms with Crippen molar-refractivity contribution in [3.8, 4) is 28.2 Å². The highest BCUT2D eigenvalue weighted by molar-refractivity contribution is 5.97. The van der Waals surface area contributed by atoms with E-state index < -0.39 is 0 Å². The Kier molecular flexibility index (Phi) is 23.1. The van der Waals surface area contributed by atoms with E-state index in [0.717, 1.165) is 133 Å². The minimum Gasteiger partial charge on any atom is -0.368 e. The lowest BCUT2D eigenvalue weighted by Gasteiger charge is -2.22. The third-order valence-electron chi connectivity index (χ3n) is 22.2. The normalized spacial score (nSPS) is 12.2. The van der Waals surface area contributed by atoms with E-state index in [-0.39, 0.29) is 52.2 Å². The number of fused-ring (bicyclic) bond motifs is 8. The number of aromatic nitrogens is 17. The number of aryl methyl sites for hydroxylation is 4. The van der Waals surface area contributed by atoms with Gasteiger partial charge < -0.3 is 26.7 Å². The fourth-order valence-electron chi connectivity index (χ4n) is 16.0. The van der Waals surface area contributed by atoms with Crippen LogP contribution in [0.4, 0.5) is 23.4 Å². The van der Waals surface area contributed by atoms with Crippen LogP contribution in [0.3, 0.4) is 0 Å². The van der Waals surface area contributed by atoms with Gasteiger partial charge in [0.1, 0.15) is 22.9 Å². The maximum absolute atomic E-state index is 14.2. The number of H-pyrrole nitrogens is 1. The van der Waals surface area contributed by atoms with Crippen molar-refractivity contribution in [3.63, 3.8) is 0 Å². The smallest absolute Gasteiger partial charge is 0.265 e. The number of nitrogens with zero attached hydrogens (tertiary/aromatic N) is 16. The van der Waals surface area contributed by atoms with Crippen molar-refractivity contribution in [2.24, 2.45) is 0 Å². The van der Waals surface area contributed by atoms with Crippen LogP contribution in [0.25, 0.3) is 115 Å². The van der Waals surface area contributed by atoms with E-state index in [1.54, 1.807) is 71.1 Å². The van der Waals surface area contributed by atoms with Gasteiger partial charge in [-0.2, -0.15) is 0 Å². The zero-order valence-corrected chi connectivity index (χ0v) is 69.7. The van der Waals surface area contributed by atoms with Crippen molar-refractivity contribution >= 4 is 110 Å². The molecule has 25 heteroatoms. The second-order valence-electron chi connectivity index (χ2n) is 30.7. The molecule has 0 saturated heterocycles. The summed E-state index contributed by atoms with van der Waals surface area (Å²) in [6.07, 6.45) is 21.2. The molecule has 125 heavy (non-hydrogen) atoms. The predicted molar refractivity (Wildman–Crippen MR) is 497 cm³/mol. The first kappa shape index (κ1) is 81.1. The van der Waals surface area contributed by atoms with E-state index in [0.29, 0.717) is 56.6 Å². The van der Waals surface area contributed by atoms with Crippen molar-refractivity contribution in [2.45, 2.75) is 85.9 Å². The first-order valence-electron chi connectivity index (χ1n) is 40.9. The molecule has 20 aromatic rings. The highest BCUT2D eigenvalue weighted by atomic mass is 16.1. The molecule has 0 spiro atoms. The fraction of sp³-hybridized carbons (Fsp3) is 0.130. The van der Waals surface area contributed by atoms with Gasteiger partial charge in [-0.05, 0) is 215 Å². The number of hydrogen-bond acceptors (Lipinski definition) is 21. The van der Waals surface area contributed by atoms with E-state index in [2.05, 4.69) is 105 Å². The van der Waals surface area contributed by atoms with E-state index in [9.17, 15) is 19.2 Å². The summed E-state index contributed by atoms with van der Waals surface area (Å²) in [5.41, 5.74) is 22.8. The van der Waals surface area contributed by atoms with Crippen molar-refractivity contribution in [1.82, 2.24) is 83.5 Å². The molecular formula is C100H85N21O4. The zero-order valence-electron chi connectivity index (χ0n) is 69.7. The topological polar surface area (TPSA) is 329 Å². The number of nitrogen functional groups attached to an aromatic ring is 1. The predicted octanol–water partition coefficient (Wildman–Crippen LogP) is 18.6. The first-order chi connectivity index (χ1) is 60.9. The lowest BCUT2D eigenvalue weighted by Crippen LogP contribution is -2.26. The third-order valence-corrected chi connectivity index (χ3v) is 22.2. The number of pyridine rings is 13. The van der Waals surface area contributed by atoms with Gasteiger partial charge in [-0.1, -0.05) is 110 Å². The summed E-state index contributed by atoms with van der Waals surface area (Å²) in [5.74, 6) is 2.17. The van der Waals surface area contributed by atoms with Crippen LogP contribution in [0.1, 0.15) is 102 Å². The van der Waals surface area contributed by atoms with Gasteiger partial charge in [0.15, 0.2) is 17.5 Å². The molecule has 0 bridgehead atoms. The van der Waals surface area contributed by atoms with Crippen molar-refractivity contribution in [3.05, 3.63) is 391 Å². The van der Waals surface area contributed by atoms with Gasteiger partial charge in [-0.3, -0.25) is 67.8 Å². The second kappa shape index (κ2) is 35.6. The Labute approximate surface area is 716 Å². The molecule has 6 N–H and O–H groups in total. The minimum absolute atomic E-state index is 0.0130. The van der Waals surface area contributed by atoms with Crippen LogP contribution in [-0.2, 0) is 6.42 Å².